The Bertz CT molecular complexity index is 598. The lowest BCUT2D eigenvalue weighted by Gasteiger charge is -2.63. The van der Waals surface area contributed by atoms with E-state index >= 15 is 0 Å². The van der Waals surface area contributed by atoms with Gasteiger partial charge in [-0.2, -0.15) is 0 Å². The van der Waals surface area contributed by atoms with Crippen LogP contribution in [-0.2, 0) is 4.74 Å². The summed E-state index contributed by atoms with van der Waals surface area (Å²) in [5.41, 5.74) is 4.84. The molecule has 0 aromatic rings. The van der Waals surface area contributed by atoms with E-state index in [2.05, 4.69) is 13.8 Å². The molecule has 0 saturated heterocycles. The maximum Gasteiger partial charge on any atom is 0.184 e. The predicted octanol–water partition coefficient (Wildman–Crippen LogP) is 3.07. The third-order valence-corrected chi connectivity index (χ3v) is 9.52. The minimum absolute atomic E-state index is 0.00806. The highest BCUT2D eigenvalue weighted by atomic mass is 16.5. The predicted molar refractivity (Wildman–Crippen MR) is 105 cm³/mol. The average molecular weight is 379 g/mol. The van der Waals surface area contributed by atoms with Crippen LogP contribution in [0.4, 0.5) is 0 Å². The molecule has 4 aliphatic rings. The third kappa shape index (κ3) is 2.71. The van der Waals surface area contributed by atoms with E-state index in [0.717, 1.165) is 57.8 Å². The summed E-state index contributed by atoms with van der Waals surface area (Å²) in [5.74, 6) is 1.80. The minimum atomic E-state index is -0.691. The number of ether oxygens (including phenoxy) is 1. The van der Waals surface area contributed by atoms with Crippen molar-refractivity contribution in [1.82, 2.24) is 0 Å². The summed E-state index contributed by atoms with van der Waals surface area (Å²) < 4.78 is 5.61. The van der Waals surface area contributed by atoms with Gasteiger partial charge >= 0.3 is 0 Å². The smallest absolute Gasteiger partial charge is 0.184 e. The van der Waals surface area contributed by atoms with Gasteiger partial charge in [0, 0.05) is 17.9 Å². The van der Waals surface area contributed by atoms with Crippen LogP contribution in [0.1, 0.15) is 71.6 Å². The molecule has 8 atom stereocenters. The van der Waals surface area contributed by atoms with Crippen LogP contribution in [0.5, 0.6) is 0 Å². The van der Waals surface area contributed by atoms with Crippen molar-refractivity contribution in [3.05, 3.63) is 0 Å². The fourth-order valence-electron chi connectivity index (χ4n) is 7.89. The molecule has 4 rings (SSSR count). The first-order valence-corrected chi connectivity index (χ1v) is 11.1. The summed E-state index contributed by atoms with van der Waals surface area (Å²) in [4.78, 5) is 0. The van der Waals surface area contributed by atoms with Crippen molar-refractivity contribution in [1.29, 1.82) is 5.41 Å². The fourth-order valence-corrected chi connectivity index (χ4v) is 7.89. The number of nitrogens with one attached hydrogen (secondary N) is 1. The Kier molecular flexibility index (Phi) is 4.88. The minimum Gasteiger partial charge on any atom is -0.480 e. The van der Waals surface area contributed by atoms with E-state index in [1.807, 2.05) is 0 Å². The molecule has 4 saturated carbocycles. The summed E-state index contributed by atoms with van der Waals surface area (Å²) in [7, 11) is 0. The lowest BCUT2D eigenvalue weighted by molar-refractivity contribution is -0.207. The van der Waals surface area contributed by atoms with E-state index in [1.54, 1.807) is 0 Å². The second kappa shape index (κ2) is 6.70. The normalized spacial score (nSPS) is 51.8. The number of hydrogen-bond acceptors (Lipinski definition) is 5. The van der Waals surface area contributed by atoms with Crippen molar-refractivity contribution in [2.24, 2.45) is 40.2 Å². The van der Waals surface area contributed by atoms with Crippen LogP contribution in [0.15, 0.2) is 0 Å². The molecule has 0 aromatic carbocycles. The van der Waals surface area contributed by atoms with Crippen LogP contribution >= 0.6 is 0 Å². The quantitative estimate of drug-likeness (QED) is 0.448. The first-order valence-electron chi connectivity index (χ1n) is 11.1. The largest absolute Gasteiger partial charge is 0.480 e. The van der Waals surface area contributed by atoms with E-state index in [4.69, 9.17) is 15.9 Å². The summed E-state index contributed by atoms with van der Waals surface area (Å²) in [5, 5.41) is 30.7. The molecular weight excluding hydrogens is 340 g/mol. The maximum absolute atomic E-state index is 12.0. The molecule has 4 aliphatic carbocycles. The van der Waals surface area contributed by atoms with Crippen LogP contribution in [0, 0.1) is 39.9 Å². The highest BCUT2D eigenvalue weighted by Gasteiger charge is 2.68. The monoisotopic (exact) mass is 378 g/mol. The highest BCUT2D eigenvalue weighted by molar-refractivity contribution is 5.77. The van der Waals surface area contributed by atoms with Gasteiger partial charge in [-0.1, -0.05) is 13.8 Å². The second-order valence-electron chi connectivity index (χ2n) is 10.4. The third-order valence-electron chi connectivity index (χ3n) is 9.52. The standard InChI is InChI=1S/C22H38N2O3/c1-20-8-5-15(25)13-14(20)3-4-17-16(20)6-9-21(2)18(7-10-22(17,21)26)19(24)27-12-11-23/h14-18,24-26H,3-13,23H2,1-2H3/t14-,15+,16+,17-,18-,20+,21-,22+/m1/s1. The number of nitrogens with two attached hydrogens (primary N) is 1. The van der Waals surface area contributed by atoms with Gasteiger partial charge < -0.3 is 20.7 Å². The van der Waals surface area contributed by atoms with Crippen molar-refractivity contribution < 1.29 is 14.9 Å². The van der Waals surface area contributed by atoms with Gasteiger partial charge in [0.15, 0.2) is 5.90 Å². The Labute approximate surface area is 163 Å². The molecule has 0 heterocycles. The van der Waals surface area contributed by atoms with Crippen LogP contribution in [0.25, 0.3) is 0 Å². The van der Waals surface area contributed by atoms with Gasteiger partial charge in [0.1, 0.15) is 6.61 Å². The van der Waals surface area contributed by atoms with Crippen molar-refractivity contribution in [3.63, 3.8) is 0 Å². The van der Waals surface area contributed by atoms with Gasteiger partial charge in [-0.3, -0.25) is 5.41 Å². The van der Waals surface area contributed by atoms with Crippen LogP contribution in [0.3, 0.4) is 0 Å². The molecule has 4 fully saturated rings. The molecule has 0 radical (unpaired) electrons. The van der Waals surface area contributed by atoms with Gasteiger partial charge in [-0.25, -0.2) is 0 Å². The number of rotatable bonds is 3. The molecule has 0 aliphatic heterocycles. The maximum atomic E-state index is 12.0. The van der Waals surface area contributed by atoms with Crippen molar-refractivity contribution in [2.75, 3.05) is 13.2 Å². The van der Waals surface area contributed by atoms with E-state index in [9.17, 15) is 10.2 Å². The Balaban J connectivity index is 1.60. The first kappa shape index (κ1) is 19.7. The zero-order chi connectivity index (χ0) is 19.4. The fraction of sp³-hybridized carbons (Fsp3) is 0.955. The van der Waals surface area contributed by atoms with Crippen LogP contribution in [0.2, 0.25) is 0 Å². The van der Waals surface area contributed by atoms with Gasteiger partial charge in [-0.15, -0.1) is 0 Å². The van der Waals surface area contributed by atoms with E-state index in [-0.39, 0.29) is 22.9 Å². The Morgan fingerprint density at radius 3 is 2.59 bits per heavy atom. The molecule has 27 heavy (non-hydrogen) atoms. The molecule has 5 heteroatoms. The van der Waals surface area contributed by atoms with Gasteiger partial charge in [-0.05, 0) is 81.0 Å². The summed E-state index contributed by atoms with van der Waals surface area (Å²) in [6, 6.07) is 0. The van der Waals surface area contributed by atoms with E-state index < -0.39 is 5.60 Å². The zero-order valence-electron chi connectivity index (χ0n) is 17.0. The number of hydrogen-bond donors (Lipinski definition) is 4. The Morgan fingerprint density at radius 2 is 1.85 bits per heavy atom. The molecule has 154 valence electrons. The molecule has 0 unspecified atom stereocenters. The summed E-state index contributed by atoms with van der Waals surface area (Å²) in [6.45, 7) is 5.45. The van der Waals surface area contributed by atoms with Crippen molar-refractivity contribution in [2.45, 2.75) is 83.3 Å². The molecule has 0 bridgehead atoms. The lowest BCUT2D eigenvalue weighted by Crippen LogP contribution is -2.62. The number of aliphatic hydroxyl groups excluding tert-OH is 1. The summed E-state index contributed by atoms with van der Waals surface area (Å²) >= 11 is 0. The van der Waals surface area contributed by atoms with Gasteiger partial charge in [0.05, 0.1) is 11.7 Å². The molecular formula is C22H38N2O3. The number of aliphatic hydroxyl groups is 2. The van der Waals surface area contributed by atoms with Gasteiger partial charge in [0.25, 0.3) is 0 Å². The number of fused-ring (bicyclic) bond motifs is 5. The Morgan fingerprint density at radius 1 is 1.07 bits per heavy atom. The van der Waals surface area contributed by atoms with E-state index in [0.29, 0.717) is 36.8 Å². The van der Waals surface area contributed by atoms with Crippen LogP contribution in [-0.4, -0.2) is 41.0 Å². The summed E-state index contributed by atoms with van der Waals surface area (Å²) in [6.07, 6.45) is 8.72. The first-order chi connectivity index (χ1) is 12.8. The average Bonchev–Trinajstić information content (AvgIpc) is 2.92. The van der Waals surface area contributed by atoms with Crippen LogP contribution < -0.4 is 5.73 Å². The Hall–Kier alpha value is -0.650. The van der Waals surface area contributed by atoms with Crippen molar-refractivity contribution >= 4 is 5.90 Å². The second-order valence-corrected chi connectivity index (χ2v) is 10.4. The van der Waals surface area contributed by atoms with Gasteiger partial charge in [0.2, 0.25) is 0 Å². The topological polar surface area (TPSA) is 99.6 Å². The van der Waals surface area contributed by atoms with E-state index in [1.165, 1.54) is 0 Å². The lowest BCUT2D eigenvalue weighted by atomic mass is 9.43. The molecule has 5 N–H and O–H groups in total. The zero-order valence-corrected chi connectivity index (χ0v) is 17.0. The molecule has 0 aromatic heterocycles. The molecule has 0 spiro atoms. The molecule has 5 nitrogen and oxygen atoms in total. The highest BCUT2D eigenvalue weighted by Crippen LogP contribution is 2.69. The van der Waals surface area contributed by atoms with Crippen molar-refractivity contribution in [3.8, 4) is 0 Å². The SMILES string of the molecule is C[C@]12CC[C@H](O)C[C@H]1CC[C@@H]1[C@@H]2CC[C@]2(C)[C@@H](C(=N)OCCN)CC[C@]12O. The molecule has 0 amide bonds.